The molecule has 1 saturated heterocycles. The number of nitrogens with two attached hydrogens (primary N) is 1. The number of nitro groups is 1. The highest BCUT2D eigenvalue weighted by Crippen LogP contribution is 2.26. The van der Waals surface area contributed by atoms with Crippen molar-refractivity contribution in [3.05, 3.63) is 34.4 Å². The number of carbonyl (C=O) groups is 1. The highest BCUT2D eigenvalue weighted by molar-refractivity contribution is 5.76. The van der Waals surface area contributed by atoms with Crippen molar-refractivity contribution in [1.29, 1.82) is 0 Å². The Kier molecular flexibility index (Phi) is 5.10. The van der Waals surface area contributed by atoms with Gasteiger partial charge in [0.2, 0.25) is 5.91 Å². The maximum atomic E-state index is 12.0. The number of carbonyl (C=O) groups excluding carboxylic acids is 1. The van der Waals surface area contributed by atoms with E-state index in [0.717, 1.165) is 13.0 Å². The maximum absolute atomic E-state index is 12.0. The topological polar surface area (TPSA) is 98.7 Å². The van der Waals surface area contributed by atoms with E-state index in [-0.39, 0.29) is 30.4 Å². The summed E-state index contributed by atoms with van der Waals surface area (Å²) in [5, 5.41) is 10.8. The van der Waals surface area contributed by atoms with Crippen LogP contribution in [0.3, 0.4) is 0 Å². The van der Waals surface area contributed by atoms with E-state index in [0.29, 0.717) is 19.0 Å². The van der Waals surface area contributed by atoms with Gasteiger partial charge in [-0.05, 0) is 24.9 Å². The fourth-order valence-corrected chi connectivity index (χ4v) is 2.39. The van der Waals surface area contributed by atoms with Crippen LogP contribution in [0.1, 0.15) is 12.8 Å². The minimum Gasteiger partial charge on any atom is -0.486 e. The maximum Gasteiger partial charge on any atom is 0.310 e. The Morgan fingerprint density at radius 2 is 2.24 bits per heavy atom. The molecule has 7 heteroatoms. The molecule has 1 atom stereocenters. The Labute approximate surface area is 122 Å². The number of rotatable bonds is 6. The van der Waals surface area contributed by atoms with E-state index in [1.54, 1.807) is 17.0 Å². The highest BCUT2D eigenvalue weighted by atomic mass is 16.6. The largest absolute Gasteiger partial charge is 0.486 e. The minimum absolute atomic E-state index is 0.00420. The zero-order valence-electron chi connectivity index (χ0n) is 11.7. The van der Waals surface area contributed by atoms with Crippen LogP contribution >= 0.6 is 0 Å². The molecule has 7 nitrogen and oxygen atoms in total. The molecule has 1 aliphatic rings. The van der Waals surface area contributed by atoms with Gasteiger partial charge in [-0.15, -0.1) is 0 Å². The average molecular weight is 293 g/mol. The first-order chi connectivity index (χ1) is 10.1. The van der Waals surface area contributed by atoms with Gasteiger partial charge in [-0.25, -0.2) is 0 Å². The summed E-state index contributed by atoms with van der Waals surface area (Å²) in [6.45, 7) is 2.15. The normalized spacial score (nSPS) is 17.8. The van der Waals surface area contributed by atoms with E-state index < -0.39 is 4.92 Å². The van der Waals surface area contributed by atoms with Gasteiger partial charge in [0, 0.05) is 19.2 Å². The molecule has 114 valence electrons. The second-order valence-electron chi connectivity index (χ2n) is 5.05. The molecule has 1 heterocycles. The van der Waals surface area contributed by atoms with Crippen molar-refractivity contribution in [1.82, 2.24) is 4.90 Å². The van der Waals surface area contributed by atoms with E-state index in [4.69, 9.17) is 10.5 Å². The summed E-state index contributed by atoms with van der Waals surface area (Å²) in [5.74, 6) is 0.575. The average Bonchev–Trinajstić information content (AvgIpc) is 2.96. The second kappa shape index (κ2) is 7.03. The Bertz CT molecular complexity index is 521. The van der Waals surface area contributed by atoms with Gasteiger partial charge in [-0.2, -0.15) is 0 Å². The van der Waals surface area contributed by atoms with Crippen molar-refractivity contribution in [2.75, 3.05) is 26.2 Å². The summed E-state index contributed by atoms with van der Waals surface area (Å²) in [5.41, 5.74) is 5.50. The molecule has 1 aromatic rings. The number of hydrogen-bond acceptors (Lipinski definition) is 5. The van der Waals surface area contributed by atoms with E-state index in [1.165, 1.54) is 12.1 Å². The van der Waals surface area contributed by atoms with Crippen LogP contribution in [0.2, 0.25) is 0 Å². The van der Waals surface area contributed by atoms with E-state index >= 15 is 0 Å². The van der Waals surface area contributed by atoms with Crippen molar-refractivity contribution in [2.24, 2.45) is 11.7 Å². The number of nitrogens with zero attached hydrogens (tertiary/aromatic N) is 2. The molecule has 0 aliphatic carbocycles. The quantitative estimate of drug-likeness (QED) is 0.627. The van der Waals surface area contributed by atoms with Gasteiger partial charge in [-0.1, -0.05) is 12.1 Å². The van der Waals surface area contributed by atoms with Crippen LogP contribution < -0.4 is 10.5 Å². The van der Waals surface area contributed by atoms with Crippen LogP contribution in [-0.4, -0.2) is 42.0 Å². The second-order valence-corrected chi connectivity index (χ2v) is 5.05. The van der Waals surface area contributed by atoms with Gasteiger partial charge in [-0.3, -0.25) is 14.9 Å². The predicted octanol–water partition coefficient (Wildman–Crippen LogP) is 1.17. The fraction of sp³-hybridized carbons (Fsp3) is 0.500. The molecule has 1 aliphatic heterocycles. The van der Waals surface area contributed by atoms with E-state index in [2.05, 4.69) is 0 Å². The summed E-state index contributed by atoms with van der Waals surface area (Å²) < 4.78 is 5.37. The first-order valence-corrected chi connectivity index (χ1v) is 6.96. The summed E-state index contributed by atoms with van der Waals surface area (Å²) in [6, 6.07) is 6.15. The lowest BCUT2D eigenvalue weighted by atomic mass is 10.1. The van der Waals surface area contributed by atoms with Crippen LogP contribution in [0.15, 0.2) is 24.3 Å². The van der Waals surface area contributed by atoms with Crippen LogP contribution in [0.4, 0.5) is 5.69 Å². The van der Waals surface area contributed by atoms with Gasteiger partial charge in [0.25, 0.3) is 0 Å². The molecule has 0 radical (unpaired) electrons. The zero-order valence-corrected chi connectivity index (χ0v) is 11.7. The van der Waals surface area contributed by atoms with Crippen molar-refractivity contribution in [2.45, 2.75) is 12.8 Å². The first kappa shape index (κ1) is 15.2. The number of amides is 1. The molecule has 2 rings (SSSR count). The SMILES string of the molecule is NCC1CCN(C(=O)CCOc2ccccc2[N+](=O)[O-])C1. The lowest BCUT2D eigenvalue weighted by molar-refractivity contribution is -0.385. The van der Waals surface area contributed by atoms with E-state index in [1.807, 2.05) is 0 Å². The van der Waals surface area contributed by atoms with Crippen LogP contribution in [0, 0.1) is 16.0 Å². The molecule has 0 saturated carbocycles. The Morgan fingerprint density at radius 1 is 1.48 bits per heavy atom. The van der Waals surface area contributed by atoms with Crippen molar-refractivity contribution >= 4 is 11.6 Å². The van der Waals surface area contributed by atoms with Gasteiger partial charge in [0.1, 0.15) is 0 Å². The van der Waals surface area contributed by atoms with Crippen molar-refractivity contribution in [3.8, 4) is 5.75 Å². The van der Waals surface area contributed by atoms with Crippen LogP contribution in [0.25, 0.3) is 0 Å². The summed E-state index contributed by atoms with van der Waals surface area (Å²) in [6.07, 6.45) is 1.15. The monoisotopic (exact) mass is 293 g/mol. The summed E-state index contributed by atoms with van der Waals surface area (Å²) >= 11 is 0. The molecule has 1 aromatic carbocycles. The fourth-order valence-electron chi connectivity index (χ4n) is 2.39. The molecule has 1 amide bonds. The molecule has 1 unspecified atom stereocenters. The Morgan fingerprint density at radius 3 is 2.90 bits per heavy atom. The van der Waals surface area contributed by atoms with Crippen molar-refractivity contribution in [3.63, 3.8) is 0 Å². The number of para-hydroxylation sites is 2. The summed E-state index contributed by atoms with van der Waals surface area (Å²) in [7, 11) is 0. The van der Waals surface area contributed by atoms with Crippen LogP contribution in [-0.2, 0) is 4.79 Å². The molecule has 2 N–H and O–H groups in total. The zero-order chi connectivity index (χ0) is 15.2. The molecule has 1 fully saturated rings. The molecular weight excluding hydrogens is 274 g/mol. The lowest BCUT2D eigenvalue weighted by Crippen LogP contribution is -2.30. The third-order valence-corrected chi connectivity index (χ3v) is 3.61. The third kappa shape index (κ3) is 3.91. The molecule has 21 heavy (non-hydrogen) atoms. The van der Waals surface area contributed by atoms with Gasteiger partial charge in [0.15, 0.2) is 5.75 Å². The van der Waals surface area contributed by atoms with Gasteiger partial charge >= 0.3 is 5.69 Å². The Hall–Kier alpha value is -2.15. The predicted molar refractivity (Wildman–Crippen MR) is 76.9 cm³/mol. The molecular formula is C14H19N3O4. The minimum atomic E-state index is -0.497. The summed E-state index contributed by atoms with van der Waals surface area (Å²) in [4.78, 5) is 24.1. The third-order valence-electron chi connectivity index (χ3n) is 3.61. The van der Waals surface area contributed by atoms with Crippen LogP contribution in [0.5, 0.6) is 5.75 Å². The van der Waals surface area contributed by atoms with Gasteiger partial charge < -0.3 is 15.4 Å². The first-order valence-electron chi connectivity index (χ1n) is 6.96. The Balaban J connectivity index is 1.82. The number of nitro benzene ring substituents is 1. The number of hydrogen-bond donors (Lipinski definition) is 1. The van der Waals surface area contributed by atoms with Crippen molar-refractivity contribution < 1.29 is 14.5 Å². The smallest absolute Gasteiger partial charge is 0.310 e. The van der Waals surface area contributed by atoms with Gasteiger partial charge in [0.05, 0.1) is 18.0 Å². The number of benzene rings is 1. The molecule has 0 spiro atoms. The lowest BCUT2D eigenvalue weighted by Gasteiger charge is -2.16. The molecule has 0 aromatic heterocycles. The number of likely N-dealkylation sites (tertiary alicyclic amines) is 1. The standard InChI is InChI=1S/C14H19N3O4/c15-9-11-5-7-16(10-11)14(18)6-8-21-13-4-2-1-3-12(13)17(19)20/h1-4,11H,5-10,15H2. The number of ether oxygens (including phenoxy) is 1. The highest BCUT2D eigenvalue weighted by Gasteiger charge is 2.25. The van der Waals surface area contributed by atoms with E-state index in [9.17, 15) is 14.9 Å². The molecule has 0 bridgehead atoms.